The van der Waals surface area contributed by atoms with Crippen LogP contribution in [0, 0.1) is 20.8 Å². The minimum atomic E-state index is -0.925. The Morgan fingerprint density at radius 2 is 1.79 bits per heavy atom. The number of carbonyl (C=O) groups excluding carboxylic acids is 2. The van der Waals surface area contributed by atoms with Crippen LogP contribution in [0.25, 0.3) is 0 Å². The van der Waals surface area contributed by atoms with Gasteiger partial charge in [-0.05, 0) is 77.3 Å². The number of allylic oxidation sites excluding steroid dienone is 1. The summed E-state index contributed by atoms with van der Waals surface area (Å²) in [5, 5.41) is 40.6. The largest absolute Gasteiger partial charge is 0.507 e. The molecule has 2 aromatic rings. The molecule has 0 radical (unpaired) electrons. The van der Waals surface area contributed by atoms with Crippen molar-refractivity contribution in [3.63, 3.8) is 0 Å². The third-order valence-electron chi connectivity index (χ3n) is 9.83. The number of nitrogens with zero attached hydrogens (tertiary/aromatic N) is 2. The first-order valence-electron chi connectivity index (χ1n) is 14.8. The van der Waals surface area contributed by atoms with Gasteiger partial charge in [-0.15, -0.1) is 0 Å². The predicted molar refractivity (Wildman–Crippen MR) is 158 cm³/mol. The fourth-order valence-corrected chi connectivity index (χ4v) is 7.55. The third-order valence-corrected chi connectivity index (χ3v) is 9.83. The first kappa shape index (κ1) is 29.3. The summed E-state index contributed by atoms with van der Waals surface area (Å²) in [6, 6.07) is -0.203. The van der Waals surface area contributed by atoms with Crippen molar-refractivity contribution in [2.75, 3.05) is 20.4 Å². The zero-order chi connectivity index (χ0) is 30.9. The van der Waals surface area contributed by atoms with Crippen LogP contribution in [0.1, 0.15) is 64.9 Å². The molecule has 1 saturated heterocycles. The highest BCUT2D eigenvalue weighted by Gasteiger charge is 2.56. The first-order valence-corrected chi connectivity index (χ1v) is 14.8. The lowest BCUT2D eigenvalue weighted by molar-refractivity contribution is -0.172. The molecule has 1 unspecified atom stereocenters. The standard InChI is InChI=1S/C32H40N4O7/c1-7-8-23(37)34-17(5)31(40)33-12-22-25-19(27(38)16(4)29-30(25)43-13-42-29)11-20-26-24-18(9-14(2)15(3)28(24)39)10-21(35(26)6)32(41)36(20)22/h7-9,17,20-22,26,32,38-39,41H,10-13H2,1-6H3,(H,33,40)(H,34,37)/b8-7+/t17-,20?,21-,22-,26-,32-/m0/s1. The molecule has 6 atom stereocenters. The number of piperazine rings is 1. The molecule has 2 aromatic carbocycles. The maximum Gasteiger partial charge on any atom is 0.244 e. The van der Waals surface area contributed by atoms with Gasteiger partial charge in [-0.25, -0.2) is 0 Å². The van der Waals surface area contributed by atoms with Crippen LogP contribution < -0.4 is 20.1 Å². The molecule has 0 saturated carbocycles. The third kappa shape index (κ3) is 4.44. The molecule has 4 aliphatic heterocycles. The van der Waals surface area contributed by atoms with Crippen LogP contribution in [0.2, 0.25) is 0 Å². The molecule has 43 heavy (non-hydrogen) atoms. The minimum Gasteiger partial charge on any atom is -0.507 e. The number of carbonyl (C=O) groups is 2. The number of hydrogen-bond acceptors (Lipinski definition) is 9. The van der Waals surface area contributed by atoms with E-state index in [1.54, 1.807) is 26.8 Å². The van der Waals surface area contributed by atoms with E-state index in [9.17, 15) is 24.9 Å². The van der Waals surface area contributed by atoms with Gasteiger partial charge in [-0.3, -0.25) is 19.4 Å². The number of aromatic hydroxyl groups is 2. The van der Waals surface area contributed by atoms with Crippen LogP contribution in [0.5, 0.6) is 23.0 Å². The smallest absolute Gasteiger partial charge is 0.244 e. The molecular formula is C32H40N4O7. The van der Waals surface area contributed by atoms with E-state index in [1.165, 1.54) is 6.08 Å². The summed E-state index contributed by atoms with van der Waals surface area (Å²) in [5.74, 6) is 0.558. The lowest BCUT2D eigenvalue weighted by Crippen LogP contribution is -2.69. The SMILES string of the molecule is C/C=C/C(=O)N[C@@H](C)C(=O)NC[C@H]1c2c(c(O)c(C)c3c2OCO3)CC2[C@H]3c4c(cc(C)c(C)c4O)C[C@@H]([C@H](O)N21)N3C. The molecule has 0 aromatic heterocycles. The Balaban J connectivity index is 1.45. The van der Waals surface area contributed by atoms with Gasteiger partial charge < -0.3 is 35.4 Å². The Morgan fingerprint density at radius 3 is 2.51 bits per heavy atom. The lowest BCUT2D eigenvalue weighted by atomic mass is 9.73. The van der Waals surface area contributed by atoms with Gasteiger partial charge in [0.1, 0.15) is 23.8 Å². The van der Waals surface area contributed by atoms with Gasteiger partial charge in [0.2, 0.25) is 18.6 Å². The fraction of sp³-hybridized carbons (Fsp3) is 0.500. The zero-order valence-electron chi connectivity index (χ0n) is 25.4. The van der Waals surface area contributed by atoms with Crippen LogP contribution in [0.3, 0.4) is 0 Å². The number of phenolic OH excluding ortho intramolecular Hbond substituents is 2. The maximum atomic E-state index is 13.2. The Kier molecular flexibility index (Phi) is 7.30. The van der Waals surface area contributed by atoms with Gasteiger partial charge in [0.15, 0.2) is 11.5 Å². The number of fused-ring (bicyclic) bond motifs is 9. The summed E-state index contributed by atoms with van der Waals surface area (Å²) >= 11 is 0. The van der Waals surface area contributed by atoms with Crippen LogP contribution in [-0.2, 0) is 22.4 Å². The molecule has 2 amide bonds. The van der Waals surface area contributed by atoms with Crippen molar-refractivity contribution in [2.45, 2.75) is 83.9 Å². The summed E-state index contributed by atoms with van der Waals surface area (Å²) in [7, 11) is 1.97. The highest BCUT2D eigenvalue weighted by atomic mass is 16.7. The van der Waals surface area contributed by atoms with Crippen molar-refractivity contribution in [2.24, 2.45) is 0 Å². The Hall–Kier alpha value is -3.80. The Labute approximate surface area is 251 Å². The molecule has 6 rings (SSSR count). The normalized spacial score (nSPS) is 26.4. The molecule has 0 spiro atoms. The number of amides is 2. The number of benzene rings is 2. The van der Waals surface area contributed by atoms with Crippen molar-refractivity contribution < 1.29 is 34.4 Å². The van der Waals surface area contributed by atoms with E-state index in [-0.39, 0.29) is 54.8 Å². The van der Waals surface area contributed by atoms with Crippen molar-refractivity contribution in [1.82, 2.24) is 20.4 Å². The maximum absolute atomic E-state index is 13.2. The second-order valence-corrected chi connectivity index (χ2v) is 12.2. The molecule has 4 aliphatic rings. The number of rotatable bonds is 5. The highest BCUT2D eigenvalue weighted by molar-refractivity contribution is 5.92. The number of hydrogen-bond donors (Lipinski definition) is 5. The second kappa shape index (κ2) is 10.7. The average Bonchev–Trinajstić information content (AvgIpc) is 3.46. The van der Waals surface area contributed by atoms with E-state index in [1.807, 2.05) is 25.8 Å². The summed E-state index contributed by atoms with van der Waals surface area (Å²) < 4.78 is 11.7. The minimum absolute atomic E-state index is 0.000989. The Morgan fingerprint density at radius 1 is 1.07 bits per heavy atom. The number of aliphatic hydroxyl groups is 1. The summed E-state index contributed by atoms with van der Waals surface area (Å²) in [4.78, 5) is 29.4. The molecule has 4 heterocycles. The first-order chi connectivity index (χ1) is 20.5. The number of ether oxygens (including phenoxy) is 2. The van der Waals surface area contributed by atoms with E-state index >= 15 is 0 Å². The van der Waals surface area contributed by atoms with Crippen molar-refractivity contribution >= 4 is 11.8 Å². The molecule has 230 valence electrons. The van der Waals surface area contributed by atoms with Crippen LogP contribution in [0.15, 0.2) is 18.2 Å². The molecule has 0 aliphatic carbocycles. The van der Waals surface area contributed by atoms with Crippen LogP contribution in [0.4, 0.5) is 0 Å². The van der Waals surface area contributed by atoms with Crippen molar-refractivity contribution in [3.8, 4) is 23.0 Å². The van der Waals surface area contributed by atoms with Gasteiger partial charge in [-0.1, -0.05) is 12.1 Å². The molecular weight excluding hydrogens is 552 g/mol. The van der Waals surface area contributed by atoms with Crippen molar-refractivity contribution in [3.05, 3.63) is 57.2 Å². The van der Waals surface area contributed by atoms with E-state index in [0.29, 0.717) is 41.0 Å². The quantitative estimate of drug-likeness (QED) is 0.330. The molecule has 11 nitrogen and oxygen atoms in total. The van der Waals surface area contributed by atoms with Gasteiger partial charge in [0, 0.05) is 34.8 Å². The highest BCUT2D eigenvalue weighted by Crippen LogP contribution is 2.57. The summed E-state index contributed by atoms with van der Waals surface area (Å²) in [6.07, 6.45) is 2.95. The summed E-state index contributed by atoms with van der Waals surface area (Å²) in [5.41, 5.74) is 5.58. The lowest BCUT2D eigenvalue weighted by Gasteiger charge is -2.60. The molecule has 2 bridgehead atoms. The number of likely N-dealkylation sites (N-methyl/N-ethyl adjacent to an activating group) is 1. The zero-order valence-corrected chi connectivity index (χ0v) is 25.4. The Bertz CT molecular complexity index is 1540. The topological polar surface area (TPSA) is 144 Å². The van der Waals surface area contributed by atoms with E-state index in [0.717, 1.165) is 22.3 Å². The predicted octanol–water partition coefficient (Wildman–Crippen LogP) is 2.15. The summed E-state index contributed by atoms with van der Waals surface area (Å²) in [6.45, 7) is 9.08. The van der Waals surface area contributed by atoms with Gasteiger partial charge in [0.25, 0.3) is 0 Å². The van der Waals surface area contributed by atoms with Gasteiger partial charge in [0.05, 0.1) is 18.1 Å². The molecule has 11 heteroatoms. The van der Waals surface area contributed by atoms with Crippen LogP contribution in [-0.4, -0.2) is 81.7 Å². The van der Waals surface area contributed by atoms with Crippen molar-refractivity contribution in [1.29, 1.82) is 0 Å². The van der Waals surface area contributed by atoms with E-state index in [2.05, 4.69) is 21.6 Å². The number of aliphatic hydroxyl groups excluding tert-OH is 1. The van der Waals surface area contributed by atoms with E-state index < -0.39 is 18.3 Å². The monoisotopic (exact) mass is 592 g/mol. The number of nitrogens with one attached hydrogen (secondary N) is 2. The number of aryl methyl sites for hydroxylation is 1. The molecule has 5 N–H and O–H groups in total. The molecule has 1 fully saturated rings. The fourth-order valence-electron chi connectivity index (χ4n) is 7.55. The van der Waals surface area contributed by atoms with E-state index in [4.69, 9.17) is 9.47 Å². The van der Waals surface area contributed by atoms with Gasteiger partial charge >= 0.3 is 0 Å². The van der Waals surface area contributed by atoms with Gasteiger partial charge in [-0.2, -0.15) is 0 Å². The number of phenols is 2. The second-order valence-electron chi connectivity index (χ2n) is 12.2. The van der Waals surface area contributed by atoms with Crippen LogP contribution >= 0.6 is 0 Å². The average molecular weight is 593 g/mol.